The smallest absolute Gasteiger partial charge is 0.257 e. The lowest BCUT2D eigenvalue weighted by Crippen LogP contribution is -2.36. The second-order valence-corrected chi connectivity index (χ2v) is 7.84. The molecule has 2 aromatic carbocycles. The maximum Gasteiger partial charge on any atom is 0.257 e. The zero-order valence-corrected chi connectivity index (χ0v) is 16.4. The van der Waals surface area contributed by atoms with Crippen molar-refractivity contribution in [2.24, 2.45) is 5.92 Å². The van der Waals surface area contributed by atoms with Crippen molar-refractivity contribution in [3.63, 3.8) is 0 Å². The number of ether oxygens (including phenoxy) is 1. The van der Waals surface area contributed by atoms with Crippen LogP contribution in [-0.4, -0.2) is 18.0 Å². The summed E-state index contributed by atoms with van der Waals surface area (Å²) in [5.74, 6) is -0.102. The molecule has 0 aromatic heterocycles. The summed E-state index contributed by atoms with van der Waals surface area (Å²) in [7, 11) is 0. The molecule has 5 heteroatoms. The molecule has 0 bridgehead atoms. The van der Waals surface area contributed by atoms with Crippen LogP contribution in [0, 0.1) is 5.92 Å². The van der Waals surface area contributed by atoms with E-state index in [1.165, 1.54) is 11.1 Å². The van der Waals surface area contributed by atoms with Crippen molar-refractivity contribution < 1.29 is 14.3 Å². The zero-order chi connectivity index (χ0) is 20.1. The van der Waals surface area contributed by atoms with Crippen LogP contribution in [0.5, 0.6) is 0 Å². The van der Waals surface area contributed by atoms with Gasteiger partial charge in [0, 0.05) is 17.2 Å². The third kappa shape index (κ3) is 2.69. The van der Waals surface area contributed by atoms with Crippen LogP contribution in [-0.2, 0) is 20.7 Å². The minimum Gasteiger partial charge on any atom is -0.473 e. The highest BCUT2D eigenvalue weighted by Crippen LogP contribution is 2.44. The summed E-state index contributed by atoms with van der Waals surface area (Å²) in [5, 5.41) is 3.09. The number of amides is 2. The molecular formula is C24H22N2O3. The summed E-state index contributed by atoms with van der Waals surface area (Å²) in [6.07, 6.45) is 1.84. The van der Waals surface area contributed by atoms with Crippen LogP contribution in [0.25, 0.3) is 0 Å². The molecule has 1 fully saturated rings. The van der Waals surface area contributed by atoms with Gasteiger partial charge in [-0.25, -0.2) is 0 Å². The Balaban J connectivity index is 1.44. The minimum absolute atomic E-state index is 0.00219. The van der Waals surface area contributed by atoms with E-state index in [1.54, 1.807) is 11.2 Å². The molecule has 2 aliphatic heterocycles. The molecule has 0 spiro atoms. The number of hydrogen-bond donors (Lipinski definition) is 1. The Bertz CT molecular complexity index is 1070. The molecule has 3 atom stereocenters. The van der Waals surface area contributed by atoms with E-state index < -0.39 is 6.23 Å². The summed E-state index contributed by atoms with van der Waals surface area (Å²) in [6, 6.07) is 17.7. The molecule has 1 saturated heterocycles. The second kappa shape index (κ2) is 6.62. The molecule has 1 N–H and O–H groups in total. The predicted octanol–water partition coefficient (Wildman–Crippen LogP) is 3.64. The predicted molar refractivity (Wildman–Crippen MR) is 110 cm³/mol. The number of para-hydroxylation sites is 1. The van der Waals surface area contributed by atoms with E-state index >= 15 is 0 Å². The van der Waals surface area contributed by atoms with E-state index in [-0.39, 0.29) is 23.8 Å². The zero-order valence-electron chi connectivity index (χ0n) is 16.4. The van der Waals surface area contributed by atoms with Crippen LogP contribution in [0.1, 0.15) is 31.0 Å². The van der Waals surface area contributed by atoms with Gasteiger partial charge in [-0.2, -0.15) is 0 Å². The van der Waals surface area contributed by atoms with Gasteiger partial charge in [0.05, 0.1) is 17.9 Å². The Morgan fingerprint density at radius 3 is 2.55 bits per heavy atom. The lowest BCUT2D eigenvalue weighted by Gasteiger charge is -2.26. The maximum absolute atomic E-state index is 12.8. The van der Waals surface area contributed by atoms with Crippen molar-refractivity contribution in [2.75, 3.05) is 4.90 Å². The molecule has 3 aliphatic rings. The highest BCUT2D eigenvalue weighted by Gasteiger charge is 2.44. The average molecular weight is 386 g/mol. The Morgan fingerprint density at radius 2 is 1.76 bits per heavy atom. The number of fused-ring (bicyclic) bond motifs is 3. The van der Waals surface area contributed by atoms with Crippen LogP contribution in [0.3, 0.4) is 0 Å². The standard InChI is InChI=1S/C24H22N2O3/c1-14-15(2)24(26(23(14)28)17-9-4-3-5-10-17)29-13-20-19-12-16-8-6-7-11-18(16)21(19)25-22(20)27/h3-11,13,19,21,24H,12H2,1-2H3,(H,25,27). The summed E-state index contributed by atoms with van der Waals surface area (Å²) in [4.78, 5) is 27.1. The summed E-state index contributed by atoms with van der Waals surface area (Å²) < 4.78 is 6.11. The molecular weight excluding hydrogens is 364 g/mol. The molecule has 29 heavy (non-hydrogen) atoms. The van der Waals surface area contributed by atoms with Crippen molar-refractivity contribution >= 4 is 17.5 Å². The first-order chi connectivity index (χ1) is 14.1. The highest BCUT2D eigenvalue weighted by molar-refractivity contribution is 6.09. The number of rotatable bonds is 3. The Labute approximate surface area is 169 Å². The van der Waals surface area contributed by atoms with Gasteiger partial charge in [0.15, 0.2) is 0 Å². The summed E-state index contributed by atoms with van der Waals surface area (Å²) >= 11 is 0. The first-order valence-corrected chi connectivity index (χ1v) is 9.86. The Morgan fingerprint density at radius 1 is 1.03 bits per heavy atom. The molecule has 1 aliphatic carbocycles. The average Bonchev–Trinajstić information content (AvgIpc) is 3.31. The lowest BCUT2D eigenvalue weighted by molar-refractivity contribution is -0.116. The first-order valence-electron chi connectivity index (χ1n) is 9.86. The van der Waals surface area contributed by atoms with Crippen molar-refractivity contribution in [3.05, 3.63) is 88.7 Å². The Kier molecular flexibility index (Phi) is 4.05. The third-order valence-electron chi connectivity index (χ3n) is 6.27. The number of benzene rings is 2. The molecule has 2 amide bonds. The van der Waals surface area contributed by atoms with Crippen LogP contribution in [0.4, 0.5) is 5.69 Å². The molecule has 0 saturated carbocycles. The molecule has 0 radical (unpaired) electrons. The molecule has 2 aromatic rings. The van der Waals surface area contributed by atoms with Crippen molar-refractivity contribution in [3.8, 4) is 0 Å². The lowest BCUT2D eigenvalue weighted by atomic mass is 9.97. The quantitative estimate of drug-likeness (QED) is 0.647. The van der Waals surface area contributed by atoms with E-state index in [4.69, 9.17) is 4.74 Å². The van der Waals surface area contributed by atoms with Crippen molar-refractivity contribution in [1.29, 1.82) is 0 Å². The van der Waals surface area contributed by atoms with Gasteiger partial charge in [0.2, 0.25) is 6.23 Å². The minimum atomic E-state index is -0.548. The van der Waals surface area contributed by atoms with Crippen molar-refractivity contribution in [2.45, 2.75) is 32.5 Å². The summed E-state index contributed by atoms with van der Waals surface area (Å²) in [5.41, 5.74) is 5.41. The fraction of sp³-hybridized carbons (Fsp3) is 0.250. The highest BCUT2D eigenvalue weighted by atomic mass is 16.5. The van der Waals surface area contributed by atoms with Gasteiger partial charge >= 0.3 is 0 Å². The number of carbonyl (C=O) groups excluding carboxylic acids is 2. The summed E-state index contributed by atoms with van der Waals surface area (Å²) in [6.45, 7) is 3.72. The Hall–Kier alpha value is -3.34. The fourth-order valence-electron chi connectivity index (χ4n) is 4.57. The number of nitrogens with zero attached hydrogens (tertiary/aromatic N) is 1. The number of nitrogens with one attached hydrogen (secondary N) is 1. The van der Waals surface area contributed by atoms with Gasteiger partial charge in [0.25, 0.3) is 11.8 Å². The van der Waals surface area contributed by atoms with E-state index in [9.17, 15) is 9.59 Å². The first kappa shape index (κ1) is 17.7. The van der Waals surface area contributed by atoms with Gasteiger partial charge in [-0.05, 0) is 49.1 Å². The fourth-order valence-corrected chi connectivity index (χ4v) is 4.57. The number of carbonyl (C=O) groups is 2. The van der Waals surface area contributed by atoms with E-state index in [0.717, 1.165) is 17.7 Å². The van der Waals surface area contributed by atoms with E-state index in [1.807, 2.05) is 56.3 Å². The number of hydrogen-bond acceptors (Lipinski definition) is 3. The van der Waals surface area contributed by atoms with Gasteiger partial charge in [0.1, 0.15) is 0 Å². The third-order valence-corrected chi connectivity index (χ3v) is 6.27. The van der Waals surface area contributed by atoms with Crippen LogP contribution < -0.4 is 10.2 Å². The molecule has 3 unspecified atom stereocenters. The molecule has 5 rings (SSSR count). The van der Waals surface area contributed by atoms with E-state index in [2.05, 4.69) is 17.4 Å². The molecule has 5 nitrogen and oxygen atoms in total. The van der Waals surface area contributed by atoms with Gasteiger partial charge in [-0.1, -0.05) is 42.5 Å². The number of anilines is 1. The largest absolute Gasteiger partial charge is 0.473 e. The maximum atomic E-state index is 12.8. The van der Waals surface area contributed by atoms with Crippen LogP contribution in [0.2, 0.25) is 0 Å². The monoisotopic (exact) mass is 386 g/mol. The van der Waals surface area contributed by atoms with Crippen LogP contribution in [0.15, 0.2) is 77.6 Å². The molecule has 146 valence electrons. The van der Waals surface area contributed by atoms with Crippen LogP contribution >= 0.6 is 0 Å². The SMILES string of the molecule is CC1=C(C)C(OC=C2C(=O)NC3c4ccccc4CC23)N(c2ccccc2)C1=O. The van der Waals surface area contributed by atoms with Gasteiger partial charge < -0.3 is 10.1 Å². The van der Waals surface area contributed by atoms with Gasteiger partial charge in [-0.3, -0.25) is 14.5 Å². The second-order valence-electron chi connectivity index (χ2n) is 7.84. The molecule has 2 heterocycles. The van der Waals surface area contributed by atoms with E-state index in [0.29, 0.717) is 11.1 Å². The normalized spacial score (nSPS) is 26.8. The van der Waals surface area contributed by atoms with Gasteiger partial charge in [-0.15, -0.1) is 0 Å². The van der Waals surface area contributed by atoms with Crippen molar-refractivity contribution in [1.82, 2.24) is 5.32 Å². The topological polar surface area (TPSA) is 58.6 Å².